The van der Waals surface area contributed by atoms with Gasteiger partial charge >= 0.3 is 0 Å². The maximum Gasteiger partial charge on any atom is 0.240 e. The zero-order valence-corrected chi connectivity index (χ0v) is 11.5. The molecule has 0 aliphatic heterocycles. The molecule has 2 heterocycles. The van der Waals surface area contributed by atoms with Gasteiger partial charge in [-0.2, -0.15) is 0 Å². The average Bonchev–Trinajstić information content (AvgIpc) is 2.48. The minimum atomic E-state index is -3.57. The minimum absolute atomic E-state index is 0.117. The summed E-state index contributed by atoms with van der Waals surface area (Å²) in [6.07, 6.45) is 5.33. The number of hydrogen-bond donors (Lipinski definition) is 3. The minimum Gasteiger partial charge on any atom is -0.308 e. The Morgan fingerprint density at radius 2 is 2.10 bits per heavy atom. The molecule has 106 valence electrons. The summed E-state index contributed by atoms with van der Waals surface area (Å²) in [5.74, 6) is 5.50. The van der Waals surface area contributed by atoms with Crippen molar-refractivity contribution in [1.29, 1.82) is 0 Å². The normalized spacial score (nSPS) is 11.2. The Labute approximate surface area is 117 Å². The van der Waals surface area contributed by atoms with E-state index in [2.05, 4.69) is 20.1 Å². The Kier molecular flexibility index (Phi) is 4.61. The van der Waals surface area contributed by atoms with Gasteiger partial charge in [0, 0.05) is 31.2 Å². The molecule has 4 N–H and O–H groups in total. The second-order valence-electron chi connectivity index (χ2n) is 4.03. The quantitative estimate of drug-likeness (QED) is 0.521. The zero-order valence-electron chi connectivity index (χ0n) is 10.7. The van der Waals surface area contributed by atoms with Crippen LogP contribution in [0.3, 0.4) is 0 Å². The Balaban J connectivity index is 2.00. The molecular weight excluding hydrogens is 278 g/mol. The molecule has 7 nitrogen and oxygen atoms in total. The van der Waals surface area contributed by atoms with Crippen molar-refractivity contribution in [2.24, 2.45) is 5.84 Å². The Morgan fingerprint density at radius 1 is 1.25 bits per heavy atom. The maximum absolute atomic E-state index is 12.1. The topological polar surface area (TPSA) is 110 Å². The van der Waals surface area contributed by atoms with Gasteiger partial charge in [0.2, 0.25) is 10.0 Å². The molecule has 0 aromatic carbocycles. The smallest absolute Gasteiger partial charge is 0.240 e. The van der Waals surface area contributed by atoms with Crippen molar-refractivity contribution in [1.82, 2.24) is 14.7 Å². The van der Waals surface area contributed by atoms with E-state index in [1.54, 1.807) is 12.4 Å². The van der Waals surface area contributed by atoms with Crippen LogP contribution in [0, 0.1) is 0 Å². The van der Waals surface area contributed by atoms with Gasteiger partial charge in [0.25, 0.3) is 0 Å². The van der Waals surface area contributed by atoms with Crippen LogP contribution in [0.4, 0.5) is 5.82 Å². The summed E-state index contributed by atoms with van der Waals surface area (Å²) in [6, 6.07) is 6.48. The first kappa shape index (κ1) is 14.4. The predicted octanol–water partition coefficient (Wildman–Crippen LogP) is 0.283. The average molecular weight is 293 g/mol. The van der Waals surface area contributed by atoms with Gasteiger partial charge in [-0.15, -0.1) is 0 Å². The van der Waals surface area contributed by atoms with E-state index in [4.69, 9.17) is 5.84 Å². The van der Waals surface area contributed by atoms with Crippen molar-refractivity contribution >= 4 is 15.8 Å². The van der Waals surface area contributed by atoms with Crippen LogP contribution < -0.4 is 16.0 Å². The molecule has 0 unspecified atom stereocenters. The van der Waals surface area contributed by atoms with Gasteiger partial charge < -0.3 is 5.43 Å². The van der Waals surface area contributed by atoms with Crippen LogP contribution in [0.5, 0.6) is 0 Å². The van der Waals surface area contributed by atoms with Crippen molar-refractivity contribution in [3.63, 3.8) is 0 Å². The van der Waals surface area contributed by atoms with E-state index in [1.165, 1.54) is 18.3 Å². The molecule has 0 saturated heterocycles. The third kappa shape index (κ3) is 3.73. The van der Waals surface area contributed by atoms with Crippen LogP contribution >= 0.6 is 0 Å². The summed E-state index contributed by atoms with van der Waals surface area (Å²) in [6.45, 7) is 0.293. The molecule has 20 heavy (non-hydrogen) atoms. The number of pyridine rings is 2. The Bertz CT molecular complexity index is 661. The summed E-state index contributed by atoms with van der Waals surface area (Å²) in [4.78, 5) is 7.95. The fourth-order valence-corrected chi connectivity index (χ4v) is 2.66. The molecule has 0 radical (unpaired) electrons. The molecule has 0 aliphatic rings. The van der Waals surface area contributed by atoms with Gasteiger partial charge in [0.15, 0.2) is 0 Å². The fourth-order valence-electron chi connectivity index (χ4n) is 1.62. The summed E-state index contributed by atoms with van der Waals surface area (Å²) in [5.41, 5.74) is 3.28. The van der Waals surface area contributed by atoms with Crippen LogP contribution in [0.15, 0.2) is 47.8 Å². The molecule has 0 amide bonds. The molecule has 0 fully saturated rings. The van der Waals surface area contributed by atoms with Crippen molar-refractivity contribution in [3.05, 3.63) is 48.4 Å². The molecule has 0 atom stereocenters. The number of nitrogens with two attached hydrogens (primary N) is 1. The van der Waals surface area contributed by atoms with E-state index in [0.717, 1.165) is 5.56 Å². The lowest BCUT2D eigenvalue weighted by Crippen LogP contribution is -2.26. The molecule has 0 aliphatic carbocycles. The SMILES string of the molecule is NNc1cc(S(=O)(=O)NCCc2cccnc2)ccn1. The van der Waals surface area contributed by atoms with E-state index in [0.29, 0.717) is 18.8 Å². The highest BCUT2D eigenvalue weighted by molar-refractivity contribution is 7.89. The number of rotatable bonds is 6. The summed E-state index contributed by atoms with van der Waals surface area (Å²) in [7, 11) is -3.57. The van der Waals surface area contributed by atoms with Crippen LogP contribution in [0.2, 0.25) is 0 Å². The molecule has 2 aromatic rings. The monoisotopic (exact) mass is 293 g/mol. The van der Waals surface area contributed by atoms with Crippen LogP contribution in [0.1, 0.15) is 5.56 Å². The predicted molar refractivity (Wildman–Crippen MR) is 75.2 cm³/mol. The molecule has 0 bridgehead atoms. The second-order valence-corrected chi connectivity index (χ2v) is 5.80. The summed E-state index contributed by atoms with van der Waals surface area (Å²) < 4.78 is 26.7. The molecular formula is C12H15N5O2S. The number of nitrogens with one attached hydrogen (secondary N) is 2. The van der Waals surface area contributed by atoms with Gasteiger partial charge in [-0.3, -0.25) is 4.98 Å². The first-order valence-corrected chi connectivity index (χ1v) is 7.41. The highest BCUT2D eigenvalue weighted by Gasteiger charge is 2.14. The summed E-state index contributed by atoms with van der Waals surface area (Å²) in [5, 5.41) is 0. The number of aromatic nitrogens is 2. The number of hydrazine groups is 1. The molecule has 2 aromatic heterocycles. The van der Waals surface area contributed by atoms with Gasteiger partial charge in [-0.05, 0) is 24.1 Å². The molecule has 0 spiro atoms. The van der Waals surface area contributed by atoms with Gasteiger partial charge in [-0.25, -0.2) is 24.0 Å². The molecule has 2 rings (SSSR count). The number of hydrogen-bond acceptors (Lipinski definition) is 6. The van der Waals surface area contributed by atoms with E-state index < -0.39 is 10.0 Å². The van der Waals surface area contributed by atoms with Gasteiger partial charge in [0.05, 0.1) is 4.90 Å². The van der Waals surface area contributed by atoms with E-state index >= 15 is 0 Å². The van der Waals surface area contributed by atoms with Crippen LogP contribution in [-0.2, 0) is 16.4 Å². The van der Waals surface area contributed by atoms with Crippen molar-refractivity contribution < 1.29 is 8.42 Å². The summed E-state index contributed by atoms with van der Waals surface area (Å²) >= 11 is 0. The number of sulfonamides is 1. The van der Waals surface area contributed by atoms with Crippen molar-refractivity contribution in [3.8, 4) is 0 Å². The van der Waals surface area contributed by atoms with E-state index in [-0.39, 0.29) is 4.90 Å². The first-order chi connectivity index (χ1) is 9.62. The Morgan fingerprint density at radius 3 is 2.80 bits per heavy atom. The third-order valence-electron chi connectivity index (χ3n) is 2.62. The van der Waals surface area contributed by atoms with Crippen molar-refractivity contribution in [2.45, 2.75) is 11.3 Å². The second kappa shape index (κ2) is 6.42. The zero-order chi connectivity index (χ0) is 14.4. The van der Waals surface area contributed by atoms with E-state index in [1.807, 2.05) is 12.1 Å². The van der Waals surface area contributed by atoms with E-state index in [9.17, 15) is 8.42 Å². The molecule has 0 saturated carbocycles. The lowest BCUT2D eigenvalue weighted by molar-refractivity contribution is 0.581. The highest BCUT2D eigenvalue weighted by Crippen LogP contribution is 2.11. The van der Waals surface area contributed by atoms with Gasteiger partial charge in [-0.1, -0.05) is 6.07 Å². The highest BCUT2D eigenvalue weighted by atomic mass is 32.2. The largest absolute Gasteiger partial charge is 0.308 e. The molecule has 8 heteroatoms. The maximum atomic E-state index is 12.1. The number of anilines is 1. The number of nitrogens with zero attached hydrogens (tertiary/aromatic N) is 2. The number of nitrogen functional groups attached to an aromatic ring is 1. The third-order valence-corrected chi connectivity index (χ3v) is 4.08. The van der Waals surface area contributed by atoms with Crippen LogP contribution in [0.25, 0.3) is 0 Å². The standard InChI is InChI=1S/C12H15N5O2S/c13-17-12-8-11(4-6-15-12)20(18,19)16-7-3-10-2-1-5-14-9-10/h1-2,4-6,8-9,16H,3,7,13H2,(H,15,17). The van der Waals surface area contributed by atoms with Gasteiger partial charge in [0.1, 0.15) is 5.82 Å². The first-order valence-electron chi connectivity index (χ1n) is 5.93. The Hall–Kier alpha value is -2.03. The lowest BCUT2D eigenvalue weighted by Gasteiger charge is -2.07. The lowest BCUT2D eigenvalue weighted by atomic mass is 10.2. The van der Waals surface area contributed by atoms with Crippen molar-refractivity contribution in [2.75, 3.05) is 12.0 Å². The van der Waals surface area contributed by atoms with Crippen LogP contribution in [-0.4, -0.2) is 24.9 Å². The fraction of sp³-hybridized carbons (Fsp3) is 0.167.